The first-order chi connectivity index (χ1) is 8.59. The Bertz CT molecular complexity index is 436. The van der Waals surface area contributed by atoms with Crippen molar-refractivity contribution in [3.8, 4) is 0 Å². The molecule has 0 aromatic carbocycles. The maximum atomic E-state index is 11.8. The highest BCUT2D eigenvalue weighted by molar-refractivity contribution is 6.17. The molecule has 1 amide bonds. The van der Waals surface area contributed by atoms with Gasteiger partial charge in [-0.3, -0.25) is 4.79 Å². The van der Waals surface area contributed by atoms with Gasteiger partial charge in [0.25, 0.3) is 0 Å². The van der Waals surface area contributed by atoms with E-state index in [9.17, 15) is 4.79 Å². The maximum Gasteiger partial charge on any atom is 0.318 e. The Balaban J connectivity index is 2.05. The highest BCUT2D eigenvalue weighted by Crippen LogP contribution is 2.32. The van der Waals surface area contributed by atoms with Crippen molar-refractivity contribution in [1.82, 2.24) is 15.5 Å². The van der Waals surface area contributed by atoms with E-state index in [0.717, 1.165) is 13.0 Å². The minimum absolute atomic E-state index is 0.0468. The summed E-state index contributed by atoms with van der Waals surface area (Å²) in [5.74, 6) is 1.04. The van der Waals surface area contributed by atoms with Crippen molar-refractivity contribution in [2.45, 2.75) is 19.8 Å². The van der Waals surface area contributed by atoms with Gasteiger partial charge in [0.15, 0.2) is 0 Å². The van der Waals surface area contributed by atoms with Crippen molar-refractivity contribution in [1.29, 1.82) is 0 Å². The number of carbonyl (C=O) groups excluding carboxylic acids is 1. The molecule has 1 aliphatic heterocycles. The monoisotopic (exact) mass is 272 g/mol. The number of halogens is 1. The molecule has 100 valence electrons. The van der Waals surface area contributed by atoms with Gasteiger partial charge in [0, 0.05) is 32.4 Å². The van der Waals surface area contributed by atoms with Crippen molar-refractivity contribution in [2.24, 2.45) is 5.41 Å². The van der Waals surface area contributed by atoms with Crippen LogP contribution in [-0.2, 0) is 11.2 Å². The van der Waals surface area contributed by atoms with Gasteiger partial charge in [-0.1, -0.05) is 5.10 Å². The van der Waals surface area contributed by atoms with Gasteiger partial charge < -0.3 is 14.6 Å². The summed E-state index contributed by atoms with van der Waals surface area (Å²) in [5.41, 5.74) is -0.393. The number of nitrogens with one attached hydrogen (secondary N) is 1. The van der Waals surface area contributed by atoms with Gasteiger partial charge in [-0.2, -0.15) is 0 Å². The average molecular weight is 273 g/mol. The van der Waals surface area contributed by atoms with E-state index >= 15 is 0 Å². The van der Waals surface area contributed by atoms with Crippen LogP contribution in [0.4, 0.5) is 6.01 Å². The normalized spacial score (nSPS) is 23.4. The first kappa shape index (κ1) is 13.1. The molecule has 1 fully saturated rings. The minimum atomic E-state index is -0.393. The number of amides is 1. The maximum absolute atomic E-state index is 11.8. The number of nitrogens with zero attached hydrogens (tertiary/aromatic N) is 3. The summed E-state index contributed by atoms with van der Waals surface area (Å²) < 4.78 is 5.50. The van der Waals surface area contributed by atoms with E-state index in [0.29, 0.717) is 30.8 Å². The largest absolute Gasteiger partial charge is 0.408 e. The van der Waals surface area contributed by atoms with Crippen LogP contribution < -0.4 is 10.2 Å². The molecular formula is C11H17ClN4O2. The number of aromatic nitrogens is 2. The third kappa shape index (κ3) is 2.43. The van der Waals surface area contributed by atoms with Crippen molar-refractivity contribution in [3.05, 3.63) is 5.89 Å². The molecule has 18 heavy (non-hydrogen) atoms. The Hall–Kier alpha value is -1.30. The van der Waals surface area contributed by atoms with Crippen molar-refractivity contribution in [2.75, 3.05) is 30.9 Å². The summed E-state index contributed by atoms with van der Waals surface area (Å²) >= 11 is 5.62. The number of rotatable bonds is 4. The molecule has 1 aromatic heterocycles. The summed E-state index contributed by atoms with van der Waals surface area (Å²) in [4.78, 5) is 13.7. The van der Waals surface area contributed by atoms with Gasteiger partial charge in [0.2, 0.25) is 11.8 Å². The highest BCUT2D eigenvalue weighted by Gasteiger charge is 2.41. The molecule has 0 spiro atoms. The number of hydrogen-bond donors (Lipinski definition) is 1. The molecule has 0 saturated carbocycles. The average Bonchev–Trinajstić information content (AvgIpc) is 2.96. The van der Waals surface area contributed by atoms with Gasteiger partial charge in [0.05, 0.1) is 5.41 Å². The lowest BCUT2D eigenvalue weighted by molar-refractivity contribution is -0.128. The first-order valence-electron chi connectivity index (χ1n) is 5.94. The molecule has 0 aliphatic carbocycles. The van der Waals surface area contributed by atoms with E-state index in [1.54, 1.807) is 7.05 Å². The van der Waals surface area contributed by atoms with E-state index in [4.69, 9.17) is 16.0 Å². The summed E-state index contributed by atoms with van der Waals surface area (Å²) in [7, 11) is 1.65. The molecule has 1 N–H and O–H groups in total. The van der Waals surface area contributed by atoms with Crippen LogP contribution in [0.2, 0.25) is 0 Å². The zero-order valence-electron chi connectivity index (χ0n) is 10.6. The zero-order chi connectivity index (χ0) is 13.2. The Morgan fingerprint density at radius 1 is 1.61 bits per heavy atom. The molecule has 6 nitrogen and oxygen atoms in total. The molecule has 2 heterocycles. The van der Waals surface area contributed by atoms with Gasteiger partial charge in [-0.25, -0.2) is 0 Å². The summed E-state index contributed by atoms with van der Waals surface area (Å²) in [6, 6.07) is 0.475. The Morgan fingerprint density at radius 2 is 2.39 bits per heavy atom. The van der Waals surface area contributed by atoms with Crippen molar-refractivity contribution >= 4 is 23.5 Å². The van der Waals surface area contributed by atoms with Crippen LogP contribution in [0.1, 0.15) is 19.2 Å². The van der Waals surface area contributed by atoms with E-state index in [1.807, 2.05) is 11.8 Å². The van der Waals surface area contributed by atoms with Crippen LogP contribution in [0.5, 0.6) is 0 Å². The van der Waals surface area contributed by atoms with Crippen LogP contribution in [-0.4, -0.2) is 42.1 Å². The summed E-state index contributed by atoms with van der Waals surface area (Å²) in [6.07, 6.45) is 1.34. The predicted octanol–water partition coefficient (Wildman–Crippen LogP) is 0.813. The fourth-order valence-corrected chi connectivity index (χ4v) is 2.33. The SMILES string of the molecule is CNC(=O)C1(C)CCN(c2nnc(CCCl)o2)C1. The first-order valence-corrected chi connectivity index (χ1v) is 6.48. The van der Waals surface area contributed by atoms with Crippen LogP contribution in [0.15, 0.2) is 4.42 Å². The third-order valence-electron chi connectivity index (χ3n) is 3.28. The topological polar surface area (TPSA) is 71.3 Å². The molecular weight excluding hydrogens is 256 g/mol. The smallest absolute Gasteiger partial charge is 0.318 e. The van der Waals surface area contributed by atoms with E-state index in [2.05, 4.69) is 15.5 Å². The Labute approximate surface area is 111 Å². The fraction of sp³-hybridized carbons (Fsp3) is 0.727. The minimum Gasteiger partial charge on any atom is -0.408 e. The molecule has 7 heteroatoms. The Kier molecular flexibility index (Phi) is 3.75. The van der Waals surface area contributed by atoms with E-state index < -0.39 is 5.41 Å². The van der Waals surface area contributed by atoms with Crippen molar-refractivity contribution in [3.63, 3.8) is 0 Å². The molecule has 1 aromatic rings. The zero-order valence-corrected chi connectivity index (χ0v) is 11.3. The van der Waals surface area contributed by atoms with Crippen molar-refractivity contribution < 1.29 is 9.21 Å². The third-order valence-corrected chi connectivity index (χ3v) is 3.47. The molecule has 1 atom stereocenters. The van der Waals surface area contributed by atoms with Crippen LogP contribution in [0.25, 0.3) is 0 Å². The lowest BCUT2D eigenvalue weighted by Crippen LogP contribution is -2.39. The second kappa shape index (κ2) is 5.14. The standard InChI is InChI=1S/C11H17ClN4O2/c1-11(9(17)13-2)4-6-16(7-11)10-15-14-8(18-10)3-5-12/h3-7H2,1-2H3,(H,13,17). The molecule has 1 unspecified atom stereocenters. The van der Waals surface area contributed by atoms with Gasteiger partial charge >= 0.3 is 6.01 Å². The Morgan fingerprint density at radius 3 is 3.06 bits per heavy atom. The van der Waals surface area contributed by atoms with E-state index in [1.165, 1.54) is 0 Å². The van der Waals surface area contributed by atoms with Gasteiger partial charge in [0.1, 0.15) is 0 Å². The second-order valence-corrected chi connectivity index (χ2v) is 5.11. The van der Waals surface area contributed by atoms with Crippen LogP contribution in [0.3, 0.4) is 0 Å². The van der Waals surface area contributed by atoms with E-state index in [-0.39, 0.29) is 5.91 Å². The lowest BCUT2D eigenvalue weighted by Gasteiger charge is -2.21. The number of anilines is 1. The van der Waals surface area contributed by atoms with Gasteiger partial charge in [-0.05, 0) is 13.3 Å². The fourth-order valence-electron chi connectivity index (χ4n) is 2.17. The molecule has 1 saturated heterocycles. The molecule has 0 bridgehead atoms. The molecule has 2 rings (SSSR count). The molecule has 1 aliphatic rings. The predicted molar refractivity (Wildman–Crippen MR) is 67.7 cm³/mol. The number of carbonyl (C=O) groups is 1. The summed E-state index contributed by atoms with van der Waals surface area (Å²) in [5, 5.41) is 10.6. The quantitative estimate of drug-likeness (QED) is 0.822. The summed E-state index contributed by atoms with van der Waals surface area (Å²) in [6.45, 7) is 3.28. The lowest BCUT2D eigenvalue weighted by atomic mass is 9.89. The number of alkyl halides is 1. The number of hydrogen-bond acceptors (Lipinski definition) is 5. The van der Waals surface area contributed by atoms with Gasteiger partial charge in [-0.15, -0.1) is 16.7 Å². The molecule has 0 radical (unpaired) electrons. The second-order valence-electron chi connectivity index (χ2n) is 4.73. The highest BCUT2D eigenvalue weighted by atomic mass is 35.5. The van der Waals surface area contributed by atoms with Crippen LogP contribution in [0, 0.1) is 5.41 Å². The number of aryl methyl sites for hydroxylation is 1. The van der Waals surface area contributed by atoms with Crippen LogP contribution >= 0.6 is 11.6 Å².